The van der Waals surface area contributed by atoms with Crippen molar-refractivity contribution in [2.24, 2.45) is 0 Å². The van der Waals surface area contributed by atoms with E-state index in [1.807, 2.05) is 25.9 Å². The van der Waals surface area contributed by atoms with Crippen molar-refractivity contribution in [2.45, 2.75) is 13.3 Å². The molecule has 0 aromatic heterocycles. The Morgan fingerprint density at radius 1 is 1.26 bits per heavy atom. The molecule has 0 saturated carbocycles. The minimum absolute atomic E-state index is 0.208. The lowest BCUT2D eigenvalue weighted by Crippen LogP contribution is -2.37. The van der Waals surface area contributed by atoms with Gasteiger partial charge >= 0.3 is 0 Å². The van der Waals surface area contributed by atoms with Crippen LogP contribution in [-0.4, -0.2) is 49.4 Å². The number of nitrogens with two attached hydrogens (primary N) is 1. The van der Waals surface area contributed by atoms with E-state index in [-0.39, 0.29) is 11.5 Å². The van der Waals surface area contributed by atoms with Crippen LogP contribution in [-0.2, 0) is 0 Å². The first-order valence-electron chi connectivity index (χ1n) is 6.44. The highest BCUT2D eigenvalue weighted by Crippen LogP contribution is 2.16. The number of nitrogen functional groups attached to an aromatic ring is 1. The van der Waals surface area contributed by atoms with E-state index in [0.717, 1.165) is 13.0 Å². The van der Waals surface area contributed by atoms with E-state index >= 15 is 0 Å². The predicted molar refractivity (Wildman–Crippen MR) is 75.6 cm³/mol. The average molecular weight is 267 g/mol. The molecule has 0 bridgehead atoms. The number of likely N-dealkylation sites (N-methyl/N-ethyl adjacent to an activating group) is 1. The standard InChI is InChI=1S/C14H22FN3O/c1-4-7-18(9-8-17(2)3)14(19)12-10-11(15)5-6-13(12)16/h5-6,10H,4,7-9,16H2,1-3H3. The average Bonchev–Trinajstić information content (AvgIpc) is 2.36. The summed E-state index contributed by atoms with van der Waals surface area (Å²) in [7, 11) is 3.90. The zero-order valence-corrected chi connectivity index (χ0v) is 11.8. The van der Waals surface area contributed by atoms with Crippen LogP contribution in [0.2, 0.25) is 0 Å². The van der Waals surface area contributed by atoms with E-state index in [1.54, 1.807) is 4.90 Å². The van der Waals surface area contributed by atoms with Gasteiger partial charge < -0.3 is 15.5 Å². The Bertz CT molecular complexity index is 435. The number of rotatable bonds is 6. The van der Waals surface area contributed by atoms with Crippen LogP contribution in [0, 0.1) is 5.82 Å². The van der Waals surface area contributed by atoms with Gasteiger partial charge in [-0.15, -0.1) is 0 Å². The topological polar surface area (TPSA) is 49.6 Å². The number of benzene rings is 1. The number of hydrogen-bond donors (Lipinski definition) is 1. The van der Waals surface area contributed by atoms with Gasteiger partial charge in [0.1, 0.15) is 5.82 Å². The molecule has 1 amide bonds. The fraction of sp³-hybridized carbons (Fsp3) is 0.500. The Labute approximate surface area is 114 Å². The van der Waals surface area contributed by atoms with Crippen molar-refractivity contribution < 1.29 is 9.18 Å². The number of carbonyl (C=O) groups is 1. The summed E-state index contributed by atoms with van der Waals surface area (Å²) in [4.78, 5) is 16.1. The van der Waals surface area contributed by atoms with Gasteiger partial charge in [0.2, 0.25) is 0 Å². The molecule has 1 aromatic rings. The highest BCUT2D eigenvalue weighted by molar-refractivity contribution is 5.99. The molecule has 4 nitrogen and oxygen atoms in total. The molecule has 0 saturated heterocycles. The molecule has 0 atom stereocenters. The number of nitrogens with zero attached hydrogens (tertiary/aromatic N) is 2. The largest absolute Gasteiger partial charge is 0.398 e. The highest BCUT2D eigenvalue weighted by Gasteiger charge is 2.18. The third-order valence-electron chi connectivity index (χ3n) is 2.84. The molecule has 0 aliphatic carbocycles. The maximum atomic E-state index is 13.2. The summed E-state index contributed by atoms with van der Waals surface area (Å²) >= 11 is 0. The van der Waals surface area contributed by atoms with Gasteiger partial charge in [-0.25, -0.2) is 4.39 Å². The first kappa shape index (κ1) is 15.4. The number of amides is 1. The molecule has 0 radical (unpaired) electrons. The molecular formula is C14H22FN3O. The maximum absolute atomic E-state index is 13.2. The maximum Gasteiger partial charge on any atom is 0.256 e. The summed E-state index contributed by atoms with van der Waals surface area (Å²) in [6, 6.07) is 3.89. The van der Waals surface area contributed by atoms with Crippen molar-refractivity contribution in [3.05, 3.63) is 29.6 Å². The molecule has 1 rings (SSSR count). The molecule has 0 unspecified atom stereocenters. The zero-order chi connectivity index (χ0) is 14.4. The number of anilines is 1. The Balaban J connectivity index is 2.88. The van der Waals surface area contributed by atoms with Gasteiger partial charge in [-0.05, 0) is 38.7 Å². The third-order valence-corrected chi connectivity index (χ3v) is 2.84. The van der Waals surface area contributed by atoms with Crippen LogP contribution in [0.15, 0.2) is 18.2 Å². The van der Waals surface area contributed by atoms with E-state index in [4.69, 9.17) is 5.73 Å². The fourth-order valence-corrected chi connectivity index (χ4v) is 1.79. The smallest absolute Gasteiger partial charge is 0.256 e. The van der Waals surface area contributed by atoms with E-state index in [9.17, 15) is 9.18 Å². The zero-order valence-electron chi connectivity index (χ0n) is 11.8. The summed E-state index contributed by atoms with van der Waals surface area (Å²) in [5.74, 6) is -0.651. The lowest BCUT2D eigenvalue weighted by atomic mass is 10.1. The molecule has 0 heterocycles. The van der Waals surface area contributed by atoms with Crippen molar-refractivity contribution in [3.63, 3.8) is 0 Å². The van der Waals surface area contributed by atoms with E-state index in [2.05, 4.69) is 0 Å². The van der Waals surface area contributed by atoms with Crippen molar-refractivity contribution in [3.8, 4) is 0 Å². The predicted octanol–water partition coefficient (Wildman–Crippen LogP) is 1.82. The molecule has 0 fully saturated rings. The summed E-state index contributed by atoms with van der Waals surface area (Å²) in [6.45, 7) is 4.02. The van der Waals surface area contributed by atoms with Gasteiger partial charge in [-0.1, -0.05) is 6.92 Å². The Kier molecular flexibility index (Phi) is 5.76. The van der Waals surface area contributed by atoms with Gasteiger partial charge in [0.05, 0.1) is 5.56 Å². The van der Waals surface area contributed by atoms with E-state index in [0.29, 0.717) is 18.8 Å². The van der Waals surface area contributed by atoms with Crippen LogP contribution in [0.4, 0.5) is 10.1 Å². The van der Waals surface area contributed by atoms with Crippen LogP contribution < -0.4 is 5.73 Å². The number of carbonyl (C=O) groups excluding carboxylic acids is 1. The van der Waals surface area contributed by atoms with Crippen LogP contribution in [0.5, 0.6) is 0 Å². The second kappa shape index (κ2) is 7.09. The van der Waals surface area contributed by atoms with E-state index in [1.165, 1.54) is 18.2 Å². The second-order valence-electron chi connectivity index (χ2n) is 4.83. The monoisotopic (exact) mass is 267 g/mol. The van der Waals surface area contributed by atoms with Crippen LogP contribution in [0.1, 0.15) is 23.7 Å². The lowest BCUT2D eigenvalue weighted by Gasteiger charge is -2.24. The first-order chi connectivity index (χ1) is 8.95. The van der Waals surface area contributed by atoms with Gasteiger partial charge in [0.15, 0.2) is 0 Å². The number of halogens is 1. The molecule has 2 N–H and O–H groups in total. The first-order valence-corrected chi connectivity index (χ1v) is 6.44. The summed E-state index contributed by atoms with van der Waals surface area (Å²) in [5, 5.41) is 0. The van der Waals surface area contributed by atoms with Gasteiger partial charge in [-0.3, -0.25) is 4.79 Å². The molecule has 19 heavy (non-hydrogen) atoms. The summed E-state index contributed by atoms with van der Waals surface area (Å²) in [5.41, 5.74) is 6.32. The molecular weight excluding hydrogens is 245 g/mol. The summed E-state index contributed by atoms with van der Waals surface area (Å²) in [6.07, 6.45) is 0.856. The van der Waals surface area contributed by atoms with Crippen molar-refractivity contribution in [2.75, 3.05) is 39.5 Å². The summed E-state index contributed by atoms with van der Waals surface area (Å²) < 4.78 is 13.2. The van der Waals surface area contributed by atoms with Crippen LogP contribution in [0.25, 0.3) is 0 Å². The Morgan fingerprint density at radius 2 is 1.95 bits per heavy atom. The van der Waals surface area contributed by atoms with Gasteiger partial charge in [-0.2, -0.15) is 0 Å². The number of hydrogen-bond acceptors (Lipinski definition) is 3. The Hall–Kier alpha value is -1.62. The minimum Gasteiger partial charge on any atom is -0.398 e. The molecule has 0 aliphatic rings. The van der Waals surface area contributed by atoms with Crippen molar-refractivity contribution in [1.82, 2.24) is 9.80 Å². The van der Waals surface area contributed by atoms with Gasteiger partial charge in [0.25, 0.3) is 5.91 Å². The molecule has 0 aliphatic heterocycles. The lowest BCUT2D eigenvalue weighted by molar-refractivity contribution is 0.0745. The van der Waals surface area contributed by atoms with E-state index < -0.39 is 5.82 Å². The van der Waals surface area contributed by atoms with Crippen LogP contribution >= 0.6 is 0 Å². The molecule has 1 aromatic carbocycles. The molecule has 0 spiro atoms. The second-order valence-corrected chi connectivity index (χ2v) is 4.83. The Morgan fingerprint density at radius 3 is 2.53 bits per heavy atom. The third kappa shape index (κ3) is 4.52. The van der Waals surface area contributed by atoms with Gasteiger partial charge in [0, 0.05) is 25.3 Å². The van der Waals surface area contributed by atoms with Crippen molar-refractivity contribution in [1.29, 1.82) is 0 Å². The normalized spacial score (nSPS) is 10.8. The highest BCUT2D eigenvalue weighted by atomic mass is 19.1. The SMILES string of the molecule is CCCN(CCN(C)C)C(=O)c1cc(F)ccc1N. The van der Waals surface area contributed by atoms with Crippen LogP contribution in [0.3, 0.4) is 0 Å². The van der Waals surface area contributed by atoms with Crippen molar-refractivity contribution >= 4 is 11.6 Å². The molecule has 106 valence electrons. The molecule has 5 heteroatoms. The fourth-order valence-electron chi connectivity index (χ4n) is 1.79. The minimum atomic E-state index is -0.443. The quantitative estimate of drug-likeness (QED) is 0.800.